The van der Waals surface area contributed by atoms with Crippen LogP contribution >= 0.6 is 0 Å². The standard InChI is InChI=1S/C7H12O4/c1-10-5-3-4-6(11-2)7(8)9/h3,5-6H,4H2,1-2H3,(H,8,9). The molecule has 4 heteroatoms. The molecule has 64 valence electrons. The van der Waals surface area contributed by atoms with Gasteiger partial charge in [0.1, 0.15) is 0 Å². The van der Waals surface area contributed by atoms with Crippen molar-refractivity contribution in [1.29, 1.82) is 0 Å². The SMILES string of the molecule is COC=CCC(OC)C(=O)O. The van der Waals surface area contributed by atoms with E-state index in [-0.39, 0.29) is 0 Å². The summed E-state index contributed by atoms with van der Waals surface area (Å²) >= 11 is 0. The lowest BCUT2D eigenvalue weighted by atomic mass is 10.2. The molecule has 0 aliphatic heterocycles. The van der Waals surface area contributed by atoms with E-state index in [1.165, 1.54) is 20.5 Å². The number of hydrogen-bond acceptors (Lipinski definition) is 3. The Bertz CT molecular complexity index is 141. The quantitative estimate of drug-likeness (QED) is 0.599. The molecule has 1 unspecified atom stereocenters. The van der Waals surface area contributed by atoms with Gasteiger partial charge in [-0.3, -0.25) is 0 Å². The molecule has 0 aliphatic rings. The lowest BCUT2D eigenvalue weighted by Crippen LogP contribution is -2.21. The summed E-state index contributed by atoms with van der Waals surface area (Å²) in [4.78, 5) is 10.3. The number of hydrogen-bond donors (Lipinski definition) is 1. The highest BCUT2D eigenvalue weighted by molar-refractivity contribution is 5.72. The lowest BCUT2D eigenvalue weighted by molar-refractivity contribution is -0.148. The van der Waals surface area contributed by atoms with Gasteiger partial charge in [-0.2, -0.15) is 0 Å². The molecule has 0 aliphatic carbocycles. The largest absolute Gasteiger partial charge is 0.505 e. The number of carbonyl (C=O) groups is 1. The summed E-state index contributed by atoms with van der Waals surface area (Å²) in [6.45, 7) is 0. The van der Waals surface area contributed by atoms with Crippen LogP contribution < -0.4 is 0 Å². The Hall–Kier alpha value is -1.03. The maximum absolute atomic E-state index is 10.3. The molecule has 0 rings (SSSR count). The fraction of sp³-hybridized carbons (Fsp3) is 0.571. The van der Waals surface area contributed by atoms with Gasteiger partial charge in [-0.05, 0) is 6.08 Å². The Balaban J connectivity index is 3.69. The Labute approximate surface area is 65.4 Å². The average Bonchev–Trinajstić information content (AvgIpc) is 1.97. The minimum Gasteiger partial charge on any atom is -0.505 e. The molecule has 1 atom stereocenters. The van der Waals surface area contributed by atoms with E-state index in [2.05, 4.69) is 9.47 Å². The van der Waals surface area contributed by atoms with Gasteiger partial charge < -0.3 is 14.6 Å². The number of carboxylic acid groups (broad SMARTS) is 1. The maximum Gasteiger partial charge on any atom is 0.333 e. The van der Waals surface area contributed by atoms with E-state index in [9.17, 15) is 4.79 Å². The van der Waals surface area contributed by atoms with Gasteiger partial charge in [-0.25, -0.2) is 4.79 Å². The van der Waals surface area contributed by atoms with Crippen LogP contribution in [-0.4, -0.2) is 31.4 Å². The number of rotatable bonds is 5. The minimum absolute atomic E-state index is 0.319. The first-order chi connectivity index (χ1) is 5.22. The molecule has 1 N–H and O–H groups in total. The highest BCUT2D eigenvalue weighted by Gasteiger charge is 2.13. The molecular weight excluding hydrogens is 148 g/mol. The predicted octanol–water partition coefficient (Wildman–Crippen LogP) is 0.636. The molecule has 0 saturated carbocycles. The smallest absolute Gasteiger partial charge is 0.333 e. The average molecular weight is 160 g/mol. The number of ether oxygens (including phenoxy) is 2. The number of methoxy groups -OCH3 is 2. The van der Waals surface area contributed by atoms with Crippen LogP contribution in [0, 0.1) is 0 Å². The van der Waals surface area contributed by atoms with Gasteiger partial charge in [0.15, 0.2) is 6.10 Å². The molecule has 0 bridgehead atoms. The second kappa shape index (κ2) is 5.73. The van der Waals surface area contributed by atoms with E-state index in [1.54, 1.807) is 6.08 Å². The van der Waals surface area contributed by atoms with E-state index in [4.69, 9.17) is 5.11 Å². The fourth-order valence-electron chi connectivity index (χ4n) is 0.573. The van der Waals surface area contributed by atoms with Crippen molar-refractivity contribution in [2.24, 2.45) is 0 Å². The van der Waals surface area contributed by atoms with Gasteiger partial charge in [0.05, 0.1) is 13.4 Å². The highest BCUT2D eigenvalue weighted by Crippen LogP contribution is 1.97. The third kappa shape index (κ3) is 4.38. The first kappa shape index (κ1) is 9.97. The third-order valence-corrected chi connectivity index (χ3v) is 1.14. The molecule has 0 saturated heterocycles. The third-order valence-electron chi connectivity index (χ3n) is 1.14. The number of carboxylic acids is 1. The zero-order chi connectivity index (χ0) is 8.69. The van der Waals surface area contributed by atoms with Crippen molar-refractivity contribution < 1.29 is 19.4 Å². The highest BCUT2D eigenvalue weighted by atomic mass is 16.5. The zero-order valence-electron chi connectivity index (χ0n) is 6.61. The fourth-order valence-corrected chi connectivity index (χ4v) is 0.573. The molecule has 0 spiro atoms. The molecule has 0 radical (unpaired) electrons. The summed E-state index contributed by atoms with van der Waals surface area (Å²) in [5.74, 6) is -0.965. The normalized spacial score (nSPS) is 13.3. The molecule has 0 aromatic rings. The van der Waals surface area contributed by atoms with Crippen LogP contribution in [0.4, 0.5) is 0 Å². The Kier molecular flexibility index (Phi) is 5.20. The van der Waals surface area contributed by atoms with Gasteiger partial charge in [-0.15, -0.1) is 0 Å². The summed E-state index contributed by atoms with van der Waals surface area (Å²) in [5.41, 5.74) is 0. The van der Waals surface area contributed by atoms with Crippen LogP contribution in [-0.2, 0) is 14.3 Å². The number of aliphatic carboxylic acids is 1. The Morgan fingerprint density at radius 1 is 1.64 bits per heavy atom. The summed E-state index contributed by atoms with van der Waals surface area (Å²) in [5, 5.41) is 8.47. The summed E-state index contributed by atoms with van der Waals surface area (Å²) < 4.78 is 9.24. The van der Waals surface area contributed by atoms with Crippen LogP contribution in [0.5, 0.6) is 0 Å². The van der Waals surface area contributed by atoms with Gasteiger partial charge in [0.2, 0.25) is 0 Å². The molecule has 11 heavy (non-hydrogen) atoms. The lowest BCUT2D eigenvalue weighted by Gasteiger charge is -2.05. The topological polar surface area (TPSA) is 55.8 Å². The van der Waals surface area contributed by atoms with E-state index >= 15 is 0 Å². The van der Waals surface area contributed by atoms with E-state index < -0.39 is 12.1 Å². The van der Waals surface area contributed by atoms with Crippen molar-refractivity contribution in [1.82, 2.24) is 0 Å². The first-order valence-electron chi connectivity index (χ1n) is 3.15. The van der Waals surface area contributed by atoms with E-state index in [0.29, 0.717) is 6.42 Å². The second-order valence-corrected chi connectivity index (χ2v) is 1.91. The van der Waals surface area contributed by atoms with Crippen LogP contribution in [0.15, 0.2) is 12.3 Å². The molecule has 0 amide bonds. The van der Waals surface area contributed by atoms with Crippen LogP contribution in [0.1, 0.15) is 6.42 Å². The molecule has 0 heterocycles. The molecule has 0 aromatic heterocycles. The Morgan fingerprint density at radius 2 is 2.27 bits per heavy atom. The molecule has 0 aromatic carbocycles. The summed E-state index contributed by atoms with van der Waals surface area (Å²) in [6, 6.07) is 0. The van der Waals surface area contributed by atoms with Crippen molar-refractivity contribution in [3.8, 4) is 0 Å². The van der Waals surface area contributed by atoms with Gasteiger partial charge in [0, 0.05) is 13.5 Å². The first-order valence-corrected chi connectivity index (χ1v) is 3.15. The Morgan fingerprint density at radius 3 is 2.64 bits per heavy atom. The van der Waals surface area contributed by atoms with Crippen LogP contribution in [0.25, 0.3) is 0 Å². The summed E-state index contributed by atoms with van der Waals surface area (Å²) in [7, 11) is 2.86. The van der Waals surface area contributed by atoms with Crippen molar-refractivity contribution >= 4 is 5.97 Å². The van der Waals surface area contributed by atoms with Crippen LogP contribution in [0.3, 0.4) is 0 Å². The van der Waals surface area contributed by atoms with E-state index in [1.807, 2.05) is 0 Å². The maximum atomic E-state index is 10.3. The van der Waals surface area contributed by atoms with Crippen molar-refractivity contribution in [2.75, 3.05) is 14.2 Å². The van der Waals surface area contributed by atoms with Gasteiger partial charge >= 0.3 is 5.97 Å². The van der Waals surface area contributed by atoms with E-state index in [0.717, 1.165) is 0 Å². The van der Waals surface area contributed by atoms with Crippen LogP contribution in [0.2, 0.25) is 0 Å². The van der Waals surface area contributed by atoms with Gasteiger partial charge in [0.25, 0.3) is 0 Å². The minimum atomic E-state index is -0.965. The predicted molar refractivity (Wildman–Crippen MR) is 39.2 cm³/mol. The molecule has 0 fully saturated rings. The van der Waals surface area contributed by atoms with Gasteiger partial charge in [-0.1, -0.05) is 0 Å². The molecular formula is C7H12O4. The monoisotopic (exact) mass is 160 g/mol. The zero-order valence-corrected chi connectivity index (χ0v) is 6.61. The molecule has 4 nitrogen and oxygen atoms in total. The second-order valence-electron chi connectivity index (χ2n) is 1.91. The van der Waals surface area contributed by atoms with Crippen molar-refractivity contribution in [2.45, 2.75) is 12.5 Å². The van der Waals surface area contributed by atoms with Crippen molar-refractivity contribution in [3.05, 3.63) is 12.3 Å². The van der Waals surface area contributed by atoms with Crippen molar-refractivity contribution in [3.63, 3.8) is 0 Å². The summed E-state index contributed by atoms with van der Waals surface area (Å²) in [6.07, 6.45) is 2.57.